The zero-order chi connectivity index (χ0) is 9.54. The minimum atomic E-state index is -0.720. The van der Waals surface area contributed by atoms with Crippen LogP contribution in [0.1, 0.15) is 0 Å². The minimum absolute atomic E-state index is 0.244. The number of hydrogen-bond acceptors (Lipinski definition) is 4. The van der Waals surface area contributed by atoms with Gasteiger partial charge in [0.1, 0.15) is 0 Å². The Morgan fingerprint density at radius 1 is 1.14 bits per heavy atom. The molecule has 0 aliphatic heterocycles. The summed E-state index contributed by atoms with van der Waals surface area (Å²) in [5.41, 5.74) is 1.41. The molecular weight excluding hydrogens is 182 g/mol. The lowest BCUT2D eigenvalue weighted by molar-refractivity contribution is 0.407. The van der Waals surface area contributed by atoms with E-state index in [2.05, 4.69) is 4.98 Å². The molecule has 0 fully saturated rings. The number of fused-ring (bicyclic) bond motifs is 2. The SMILES string of the molecule is O=c1oc2cc3ccccc3nc2o1. The lowest BCUT2D eigenvalue weighted by Crippen LogP contribution is -1.84. The number of pyridine rings is 1. The maximum atomic E-state index is 10.8. The molecule has 0 atom stereocenters. The molecular formula is C10H5NO3. The van der Waals surface area contributed by atoms with Crippen molar-refractivity contribution in [2.24, 2.45) is 0 Å². The topological polar surface area (TPSA) is 56.2 Å². The molecule has 1 aromatic carbocycles. The number of aromatic nitrogens is 1. The molecule has 0 radical (unpaired) electrons. The minimum Gasteiger partial charge on any atom is -0.389 e. The van der Waals surface area contributed by atoms with Crippen LogP contribution in [-0.2, 0) is 0 Å². The summed E-state index contributed by atoms with van der Waals surface area (Å²) < 4.78 is 9.53. The predicted molar refractivity (Wildman–Crippen MR) is 50.1 cm³/mol. The van der Waals surface area contributed by atoms with Crippen molar-refractivity contribution < 1.29 is 8.83 Å². The second-order valence-corrected chi connectivity index (χ2v) is 2.94. The Morgan fingerprint density at radius 3 is 2.93 bits per heavy atom. The molecule has 0 aliphatic rings. The Morgan fingerprint density at radius 2 is 2.00 bits per heavy atom. The molecule has 2 heterocycles. The summed E-state index contributed by atoms with van der Waals surface area (Å²) in [7, 11) is 0. The van der Waals surface area contributed by atoms with E-state index in [4.69, 9.17) is 8.83 Å². The van der Waals surface area contributed by atoms with Crippen molar-refractivity contribution in [3.05, 3.63) is 40.9 Å². The molecule has 0 bridgehead atoms. The summed E-state index contributed by atoms with van der Waals surface area (Å²) in [6.45, 7) is 0. The van der Waals surface area contributed by atoms with E-state index < -0.39 is 5.82 Å². The highest BCUT2D eigenvalue weighted by atomic mass is 16.6. The summed E-state index contributed by atoms with van der Waals surface area (Å²) in [5, 5.41) is 0.921. The third-order valence-electron chi connectivity index (χ3n) is 2.03. The summed E-state index contributed by atoms with van der Waals surface area (Å²) in [5.74, 6) is -0.720. The average molecular weight is 187 g/mol. The molecule has 3 aromatic rings. The van der Waals surface area contributed by atoms with Crippen LogP contribution in [0.15, 0.2) is 44.0 Å². The van der Waals surface area contributed by atoms with Crippen molar-refractivity contribution in [3.63, 3.8) is 0 Å². The first-order valence-corrected chi connectivity index (χ1v) is 4.12. The van der Waals surface area contributed by atoms with Crippen LogP contribution in [-0.4, -0.2) is 4.98 Å². The lowest BCUT2D eigenvalue weighted by atomic mass is 10.2. The van der Waals surface area contributed by atoms with Crippen LogP contribution in [0, 0.1) is 0 Å². The molecule has 4 nitrogen and oxygen atoms in total. The van der Waals surface area contributed by atoms with Gasteiger partial charge in [-0.05, 0) is 12.1 Å². The first kappa shape index (κ1) is 7.32. The highest BCUT2D eigenvalue weighted by Gasteiger charge is 2.05. The molecule has 0 amide bonds. The zero-order valence-corrected chi connectivity index (χ0v) is 7.06. The summed E-state index contributed by atoms with van der Waals surface area (Å²) in [6.07, 6.45) is 0. The fourth-order valence-electron chi connectivity index (χ4n) is 1.41. The first-order chi connectivity index (χ1) is 6.83. The molecule has 0 spiro atoms. The number of nitrogens with zero attached hydrogens (tertiary/aromatic N) is 1. The average Bonchev–Trinajstić information content (AvgIpc) is 2.53. The van der Waals surface area contributed by atoms with Gasteiger partial charge in [-0.15, -0.1) is 0 Å². The van der Waals surface area contributed by atoms with Gasteiger partial charge in [0.2, 0.25) is 0 Å². The van der Waals surface area contributed by atoms with Gasteiger partial charge >= 0.3 is 5.82 Å². The third-order valence-corrected chi connectivity index (χ3v) is 2.03. The van der Waals surface area contributed by atoms with E-state index in [9.17, 15) is 4.79 Å². The van der Waals surface area contributed by atoms with Crippen LogP contribution >= 0.6 is 0 Å². The summed E-state index contributed by atoms with van der Waals surface area (Å²) in [4.78, 5) is 14.9. The molecule has 4 heteroatoms. The van der Waals surface area contributed by atoms with Crippen LogP contribution in [0.25, 0.3) is 22.2 Å². The van der Waals surface area contributed by atoms with E-state index in [0.717, 1.165) is 10.9 Å². The monoisotopic (exact) mass is 187 g/mol. The second kappa shape index (κ2) is 2.45. The van der Waals surface area contributed by atoms with Crippen molar-refractivity contribution in [2.75, 3.05) is 0 Å². The number of benzene rings is 1. The predicted octanol–water partition coefficient (Wildman–Crippen LogP) is 1.93. The Hall–Kier alpha value is -2.10. The van der Waals surface area contributed by atoms with E-state index in [1.54, 1.807) is 6.07 Å². The van der Waals surface area contributed by atoms with Crippen molar-refractivity contribution in [3.8, 4) is 0 Å². The molecule has 68 valence electrons. The highest BCUT2D eigenvalue weighted by molar-refractivity contribution is 5.87. The summed E-state index contributed by atoms with van der Waals surface area (Å²) in [6, 6.07) is 9.26. The maximum absolute atomic E-state index is 10.8. The fourth-order valence-corrected chi connectivity index (χ4v) is 1.41. The lowest BCUT2D eigenvalue weighted by Gasteiger charge is -1.93. The van der Waals surface area contributed by atoms with E-state index >= 15 is 0 Å². The zero-order valence-electron chi connectivity index (χ0n) is 7.06. The van der Waals surface area contributed by atoms with Gasteiger partial charge in [-0.2, -0.15) is 0 Å². The smallest absolute Gasteiger partial charge is 0.389 e. The third kappa shape index (κ3) is 0.939. The van der Waals surface area contributed by atoms with Gasteiger partial charge in [-0.3, -0.25) is 0 Å². The van der Waals surface area contributed by atoms with Gasteiger partial charge in [0.15, 0.2) is 5.58 Å². The largest absolute Gasteiger partial charge is 0.521 e. The Kier molecular flexibility index (Phi) is 1.28. The molecule has 0 saturated carbocycles. The van der Waals surface area contributed by atoms with Gasteiger partial charge in [0, 0.05) is 5.39 Å². The normalized spacial score (nSPS) is 11.1. The van der Waals surface area contributed by atoms with Crippen molar-refractivity contribution in [2.45, 2.75) is 0 Å². The Balaban J connectivity index is 2.57. The summed E-state index contributed by atoms with van der Waals surface area (Å²) >= 11 is 0. The molecule has 3 rings (SSSR count). The number of rotatable bonds is 0. The van der Waals surface area contributed by atoms with Crippen molar-refractivity contribution in [1.82, 2.24) is 4.98 Å². The fraction of sp³-hybridized carbons (Fsp3) is 0. The van der Waals surface area contributed by atoms with Crippen LogP contribution < -0.4 is 5.82 Å². The van der Waals surface area contributed by atoms with Gasteiger partial charge in [0.05, 0.1) is 5.52 Å². The van der Waals surface area contributed by atoms with Gasteiger partial charge < -0.3 is 8.83 Å². The number of hydrogen-bond donors (Lipinski definition) is 0. The van der Waals surface area contributed by atoms with Crippen molar-refractivity contribution in [1.29, 1.82) is 0 Å². The van der Waals surface area contributed by atoms with E-state index in [1.807, 2.05) is 24.3 Å². The van der Waals surface area contributed by atoms with E-state index in [0.29, 0.717) is 5.58 Å². The van der Waals surface area contributed by atoms with Crippen LogP contribution in [0.2, 0.25) is 0 Å². The Bertz CT molecular complexity index is 610. The van der Waals surface area contributed by atoms with Crippen LogP contribution in [0.3, 0.4) is 0 Å². The highest BCUT2D eigenvalue weighted by Crippen LogP contribution is 2.17. The molecule has 0 N–H and O–H groups in total. The van der Waals surface area contributed by atoms with E-state index in [1.165, 1.54) is 0 Å². The van der Waals surface area contributed by atoms with Gasteiger partial charge in [-0.1, -0.05) is 18.2 Å². The number of para-hydroxylation sites is 1. The maximum Gasteiger partial charge on any atom is 0.521 e. The Labute approximate surface area is 77.8 Å². The van der Waals surface area contributed by atoms with E-state index in [-0.39, 0.29) is 5.71 Å². The molecule has 0 aliphatic carbocycles. The standard InChI is InChI=1S/C10H5NO3/c12-10-13-8-5-6-3-1-2-4-7(6)11-9(8)14-10/h1-5H. The van der Waals surface area contributed by atoms with Crippen LogP contribution in [0.5, 0.6) is 0 Å². The molecule has 2 aromatic heterocycles. The van der Waals surface area contributed by atoms with Crippen molar-refractivity contribution >= 4 is 22.2 Å². The van der Waals surface area contributed by atoms with Crippen LogP contribution in [0.4, 0.5) is 0 Å². The molecule has 0 saturated heterocycles. The van der Waals surface area contributed by atoms with Gasteiger partial charge in [0.25, 0.3) is 5.71 Å². The molecule has 0 unspecified atom stereocenters. The first-order valence-electron chi connectivity index (χ1n) is 4.12. The molecule has 14 heavy (non-hydrogen) atoms. The second-order valence-electron chi connectivity index (χ2n) is 2.94. The quantitative estimate of drug-likeness (QED) is 0.539. The van der Waals surface area contributed by atoms with Gasteiger partial charge in [-0.25, -0.2) is 9.78 Å².